The van der Waals surface area contributed by atoms with Crippen molar-refractivity contribution in [2.24, 2.45) is 83.8 Å². The highest BCUT2D eigenvalue weighted by atomic mass is 32.1. The van der Waals surface area contributed by atoms with Crippen LogP contribution in [0.1, 0.15) is 307 Å². The number of carbonyl (C=O) groups is 6. The number of alkyl halides is 1. The van der Waals surface area contributed by atoms with Gasteiger partial charge in [0, 0.05) is 132 Å². The lowest BCUT2D eigenvalue weighted by Crippen LogP contribution is -2.24. The van der Waals surface area contributed by atoms with Crippen molar-refractivity contribution in [1.29, 1.82) is 0 Å². The van der Waals surface area contributed by atoms with E-state index < -0.39 is 6.36 Å². The summed E-state index contributed by atoms with van der Waals surface area (Å²) >= 11 is 3.04. The number of rotatable bonds is 31. The Balaban J connectivity index is -0.000000663. The Morgan fingerprint density at radius 3 is 1.56 bits per heavy atom. The van der Waals surface area contributed by atoms with E-state index in [1.807, 2.05) is 144 Å². The standard InChI is InChI=1S/C11H17NO2.C10H14FNO.C10H13F.C10H15NO.C10H15N.C9H12OS.C8H11NOS.C8H17NO.C8H15NO.C7H12N2O.C7H14O.C6H13NO/c1-8(2)7-9-11(14-4)10(13-3)5-6-12-9;1-7(2)10-5-4-9(6-12-10)13-8(3)11;1-8(2)7-9-5-3-4-6-10(9)11;1-8(2)6-9-4-5-11(3)10(12)7-9;1-8(2)9(3)10-4-6-11-7-5-10;1-6(2)9(10)8-5-4-7(3)11-8;1-5(2)8(10)7-4-9-6(3)11-7;1-7(2)5-6-8(10)9(3)4;1-4-5-9-8(10)6-7(2)3;1-5(2)4-7-8-6(3)9-10-7;1-6(2)4-5-7(3)8;1-4(2)5(3)6(7)8/h5-6,8H,7H2,1-4H3;4-8H,1-3H3;3-6,8H,7H2,1-2H3;4-5,7-8H,6H2,1-3H3;4-9H,1-3H3;4-6H,1-3H3;4-5H,1-3H3;7H,5-6H2,1-4H3;4,7H,1,5-6H2,2-3H3,(H,9,10);5H,4H2,1-3H3;6H,4-5H2,1-3H3;4-5H,1-3H3,(H2,7,8). The number of carbonyl (C=O) groups excluding carboxylic acids is 6. The van der Waals surface area contributed by atoms with E-state index in [2.05, 4.69) is 172 Å². The highest BCUT2D eigenvalue weighted by molar-refractivity contribution is 7.14. The molecule has 21 nitrogen and oxygen atoms in total. The summed E-state index contributed by atoms with van der Waals surface area (Å²) in [5.74, 6) is 10.5. The number of amides is 3. The minimum atomic E-state index is -1.29. The molecule has 0 spiro atoms. The molecule has 3 N–H and O–H groups in total. The molecule has 0 bridgehead atoms. The number of methoxy groups -OCH3 is 2. The molecule has 8 aromatic rings. The molecular formula is C104H168F2N10O11S2. The molecule has 7 heterocycles. The predicted molar refractivity (Wildman–Crippen MR) is 533 cm³/mol. The summed E-state index contributed by atoms with van der Waals surface area (Å²) in [4.78, 5) is 101. The zero-order valence-corrected chi connectivity index (χ0v) is 87.3. The van der Waals surface area contributed by atoms with E-state index in [0.717, 1.165) is 105 Å². The van der Waals surface area contributed by atoms with Gasteiger partial charge in [0.1, 0.15) is 17.3 Å². The van der Waals surface area contributed by atoms with Crippen LogP contribution in [-0.2, 0) is 51.9 Å². The molecule has 0 saturated heterocycles. The van der Waals surface area contributed by atoms with Crippen LogP contribution in [0.25, 0.3) is 0 Å². The first-order valence-corrected chi connectivity index (χ1v) is 47.0. The summed E-state index contributed by atoms with van der Waals surface area (Å²) in [6.07, 6.45) is 18.5. The third-order valence-electron chi connectivity index (χ3n) is 18.3. The van der Waals surface area contributed by atoms with Gasteiger partial charge in [-0.25, -0.2) is 13.8 Å². The number of thiazole rings is 1. The van der Waals surface area contributed by atoms with Gasteiger partial charge in [-0.15, -0.1) is 29.3 Å². The Morgan fingerprint density at radius 1 is 0.620 bits per heavy atom. The van der Waals surface area contributed by atoms with Gasteiger partial charge in [0.05, 0.1) is 40.9 Å². The maximum Gasteiger partial charge on any atom is 0.250 e. The highest BCUT2D eigenvalue weighted by Gasteiger charge is 2.17. The molecule has 3 atom stereocenters. The normalized spacial score (nSPS) is 11.1. The molecule has 0 radical (unpaired) electrons. The van der Waals surface area contributed by atoms with Crippen molar-refractivity contribution in [2.45, 2.75) is 291 Å². The summed E-state index contributed by atoms with van der Waals surface area (Å²) in [6.45, 7) is 66.7. The molecule has 8 rings (SSSR count). The Hall–Kier alpha value is -9.49. The first kappa shape index (κ1) is 126. The topological polar surface area (TPSA) is 284 Å². The summed E-state index contributed by atoms with van der Waals surface area (Å²) in [6, 6.07) is 24.1. The number of aryl methyl sites for hydroxylation is 4. The molecule has 3 unspecified atom stereocenters. The largest absolute Gasteiger partial charge is 0.493 e. The van der Waals surface area contributed by atoms with Gasteiger partial charge in [-0.1, -0.05) is 209 Å². The van der Waals surface area contributed by atoms with Gasteiger partial charge < -0.3 is 44.0 Å². The van der Waals surface area contributed by atoms with E-state index >= 15 is 0 Å². The summed E-state index contributed by atoms with van der Waals surface area (Å²) in [7, 11) is 8.63. The number of pyridine rings is 4. The molecule has 0 aliphatic carbocycles. The van der Waals surface area contributed by atoms with Crippen molar-refractivity contribution in [3.05, 3.63) is 204 Å². The van der Waals surface area contributed by atoms with Crippen LogP contribution in [-0.4, -0.2) is 116 Å². The number of nitrogens with one attached hydrogen (secondary N) is 1. The Kier molecular flexibility index (Phi) is 70.4. The third-order valence-corrected chi connectivity index (χ3v) is 20.2. The van der Waals surface area contributed by atoms with E-state index in [1.54, 1.807) is 106 Å². The minimum Gasteiger partial charge on any atom is -0.493 e. The Morgan fingerprint density at radius 2 is 1.18 bits per heavy atom. The number of ether oxygens (including phenoxy) is 3. The fourth-order valence-electron chi connectivity index (χ4n) is 10.2. The Labute approximate surface area is 785 Å². The van der Waals surface area contributed by atoms with Gasteiger partial charge >= 0.3 is 0 Å². The molecule has 7 aromatic heterocycles. The van der Waals surface area contributed by atoms with Gasteiger partial charge in [-0.2, -0.15) is 4.98 Å². The lowest BCUT2D eigenvalue weighted by atomic mass is 9.91. The number of hydrogen-bond donors (Lipinski definition) is 2. The van der Waals surface area contributed by atoms with Crippen LogP contribution >= 0.6 is 22.7 Å². The molecule has 0 fully saturated rings. The van der Waals surface area contributed by atoms with Gasteiger partial charge in [0.2, 0.25) is 30.0 Å². The molecule has 0 saturated carbocycles. The first-order chi connectivity index (χ1) is 60.1. The molecule has 0 aliphatic rings. The predicted octanol–water partition coefficient (Wildman–Crippen LogP) is 25.0. The quantitative estimate of drug-likeness (QED) is 0.0301. The number of hydrogen-bond acceptors (Lipinski definition) is 19. The molecule has 3 amide bonds. The SMILES string of the molecule is C=CCNC(=O)CC(C)C.CC(=O)CCC(C)C.CC(C)C(C)C(N)=O.CC(C)C(C)c1ccncc1.CC(C)CCC(=O)N(C)C.CC(C)Cc1ccccc1F.CC(C)Cc1ccn(C)c(=O)c1.CC(F)Oc1ccc(C(C)C)nc1.COc1ccnc(CC(C)C)c1OC.Cc1ccc(C(=O)C(C)C)s1.Cc1ncc(C(=O)C(C)C)s1.Cc1noc(CC(C)C)n1. The maximum absolute atomic E-state index is 12.9. The van der Waals surface area contributed by atoms with Crippen molar-refractivity contribution in [3.63, 3.8) is 0 Å². The summed E-state index contributed by atoms with van der Waals surface area (Å²) in [5.41, 5.74) is 10.4. The van der Waals surface area contributed by atoms with Crippen LogP contribution < -0.4 is 30.8 Å². The highest BCUT2D eigenvalue weighted by Crippen LogP contribution is 2.31. The number of halogens is 2. The van der Waals surface area contributed by atoms with Crippen LogP contribution in [0.15, 0.2) is 138 Å². The molecule has 726 valence electrons. The number of benzene rings is 1. The molecule has 1 aromatic carbocycles. The van der Waals surface area contributed by atoms with Crippen molar-refractivity contribution in [2.75, 3.05) is 34.9 Å². The van der Waals surface area contributed by atoms with E-state index in [-0.39, 0.29) is 58.4 Å². The fourth-order valence-corrected chi connectivity index (χ4v) is 12.0. The minimum absolute atomic E-state index is 0.00926. The van der Waals surface area contributed by atoms with Crippen LogP contribution in [0.5, 0.6) is 17.2 Å². The van der Waals surface area contributed by atoms with Crippen molar-refractivity contribution in [3.8, 4) is 17.2 Å². The number of aromatic nitrogens is 7. The smallest absolute Gasteiger partial charge is 0.250 e. The molecular weight excluding hydrogens is 1670 g/mol. The number of Topliss-reactive ketones (excluding diaryl/α,β-unsaturated/α-hetero) is 3. The van der Waals surface area contributed by atoms with E-state index in [1.165, 1.54) is 34.8 Å². The van der Waals surface area contributed by atoms with Crippen molar-refractivity contribution >= 4 is 57.7 Å². The average Bonchev–Trinajstić information content (AvgIpc) is 1.68. The van der Waals surface area contributed by atoms with Crippen molar-refractivity contribution in [1.82, 2.24) is 44.9 Å². The van der Waals surface area contributed by atoms with E-state index in [4.69, 9.17) is 24.5 Å². The molecule has 0 aliphatic heterocycles. The number of ketones is 3. The number of thiophene rings is 1. The van der Waals surface area contributed by atoms with Crippen molar-refractivity contribution < 1.29 is 56.3 Å². The number of primary amides is 1. The second-order valence-electron chi connectivity index (χ2n) is 36.4. The van der Waals surface area contributed by atoms with Gasteiger partial charge in [-0.3, -0.25) is 43.7 Å². The summed E-state index contributed by atoms with van der Waals surface area (Å²) < 4.78 is 47.1. The Bertz CT molecular complexity index is 4300. The number of nitrogens with zero attached hydrogens (tertiary/aromatic N) is 8. The van der Waals surface area contributed by atoms with Gasteiger partial charge in [-0.05, 0) is 190 Å². The first-order valence-electron chi connectivity index (χ1n) is 45.4. The second-order valence-corrected chi connectivity index (χ2v) is 38.9. The molecule has 25 heteroatoms. The summed E-state index contributed by atoms with van der Waals surface area (Å²) in [5, 5.41) is 7.34. The fraction of sp³-hybridized carbons (Fsp3) is 0.587. The van der Waals surface area contributed by atoms with Crippen LogP contribution in [0, 0.1) is 97.6 Å². The van der Waals surface area contributed by atoms with Gasteiger partial charge in [0.15, 0.2) is 28.9 Å². The third kappa shape index (κ3) is 66.5. The van der Waals surface area contributed by atoms with Crippen LogP contribution in [0.4, 0.5) is 8.78 Å². The lowest BCUT2D eigenvalue weighted by molar-refractivity contribution is -0.129. The zero-order valence-electron chi connectivity index (χ0n) is 85.7. The zero-order chi connectivity index (χ0) is 99.9. The molecule has 129 heavy (non-hydrogen) atoms. The average molecular weight is 1840 g/mol. The van der Waals surface area contributed by atoms with E-state index in [0.29, 0.717) is 96.0 Å². The second kappa shape index (κ2) is 72.2. The lowest BCUT2D eigenvalue weighted by Gasteiger charge is -2.14. The van der Waals surface area contributed by atoms with E-state index in [9.17, 15) is 42.3 Å². The maximum atomic E-state index is 12.9. The van der Waals surface area contributed by atoms with Crippen LogP contribution in [0.3, 0.4) is 0 Å². The van der Waals surface area contributed by atoms with Crippen LogP contribution in [0.2, 0.25) is 0 Å². The monoisotopic (exact) mass is 1840 g/mol. The number of nitrogens with two attached hydrogens (primary N) is 1. The van der Waals surface area contributed by atoms with Gasteiger partial charge in [0.25, 0.3) is 5.56 Å².